The van der Waals surface area contributed by atoms with Gasteiger partial charge < -0.3 is 5.73 Å². The van der Waals surface area contributed by atoms with Gasteiger partial charge >= 0.3 is 0 Å². The monoisotopic (exact) mass is 236 g/mol. The minimum absolute atomic E-state index is 0.176. The lowest BCUT2D eigenvalue weighted by Gasteiger charge is -2.38. The molecule has 2 rings (SSSR count). The molecule has 1 aliphatic heterocycles. The number of hydrogen-bond donors (Lipinski definition) is 1. The fourth-order valence-electron chi connectivity index (χ4n) is 2.71. The molecule has 3 atom stereocenters. The summed E-state index contributed by atoms with van der Waals surface area (Å²) in [4.78, 5) is 2.39. The van der Waals surface area contributed by atoms with Crippen LogP contribution >= 0.6 is 0 Å². The maximum absolute atomic E-state index is 12.9. The summed E-state index contributed by atoms with van der Waals surface area (Å²) in [6.45, 7) is 6.41. The highest BCUT2D eigenvalue weighted by Gasteiger charge is 2.26. The summed E-state index contributed by atoms with van der Waals surface area (Å²) in [5.41, 5.74) is 7.21. The zero-order chi connectivity index (χ0) is 12.4. The molecule has 1 heterocycles. The Morgan fingerprint density at radius 3 is 2.53 bits per heavy atom. The summed E-state index contributed by atoms with van der Waals surface area (Å²) in [5, 5.41) is 0. The summed E-state index contributed by atoms with van der Waals surface area (Å²) in [7, 11) is 0. The SMILES string of the molecule is CC1CC(N)CN(C(C)c2ccc(F)cc2)C1. The summed E-state index contributed by atoms with van der Waals surface area (Å²) in [6, 6.07) is 7.36. The molecule has 1 aliphatic rings. The summed E-state index contributed by atoms with van der Waals surface area (Å²) >= 11 is 0. The second-order valence-electron chi connectivity index (χ2n) is 5.28. The first-order valence-corrected chi connectivity index (χ1v) is 6.31. The molecule has 94 valence electrons. The standard InChI is InChI=1S/C14H21FN2/c1-10-7-14(16)9-17(8-10)11(2)12-3-5-13(15)6-4-12/h3-6,10-11,14H,7-9,16H2,1-2H3. The molecule has 0 radical (unpaired) electrons. The van der Waals surface area contributed by atoms with Gasteiger partial charge in [-0.15, -0.1) is 0 Å². The fraction of sp³-hybridized carbons (Fsp3) is 0.571. The third-order valence-electron chi connectivity index (χ3n) is 3.62. The Morgan fingerprint density at radius 2 is 1.94 bits per heavy atom. The molecule has 1 aromatic rings. The van der Waals surface area contributed by atoms with Crippen LogP contribution in [-0.2, 0) is 0 Å². The molecule has 2 N–H and O–H groups in total. The van der Waals surface area contributed by atoms with Crippen molar-refractivity contribution < 1.29 is 4.39 Å². The molecule has 0 aromatic heterocycles. The first-order chi connectivity index (χ1) is 8.06. The number of likely N-dealkylation sites (tertiary alicyclic amines) is 1. The van der Waals surface area contributed by atoms with Crippen molar-refractivity contribution in [1.29, 1.82) is 0 Å². The topological polar surface area (TPSA) is 29.3 Å². The second kappa shape index (κ2) is 5.15. The molecule has 17 heavy (non-hydrogen) atoms. The van der Waals surface area contributed by atoms with Crippen molar-refractivity contribution in [3.05, 3.63) is 35.6 Å². The van der Waals surface area contributed by atoms with Crippen LogP contribution in [0.1, 0.15) is 31.9 Å². The predicted molar refractivity (Wildman–Crippen MR) is 68.1 cm³/mol. The van der Waals surface area contributed by atoms with Gasteiger partial charge in [0.2, 0.25) is 0 Å². The van der Waals surface area contributed by atoms with Crippen molar-refractivity contribution in [3.63, 3.8) is 0 Å². The third kappa shape index (κ3) is 3.05. The van der Waals surface area contributed by atoms with Crippen molar-refractivity contribution in [2.45, 2.75) is 32.4 Å². The van der Waals surface area contributed by atoms with Crippen molar-refractivity contribution in [2.75, 3.05) is 13.1 Å². The average Bonchev–Trinajstić information content (AvgIpc) is 2.28. The lowest BCUT2D eigenvalue weighted by atomic mass is 9.94. The van der Waals surface area contributed by atoms with Gasteiger partial charge in [0.1, 0.15) is 5.82 Å². The highest BCUT2D eigenvalue weighted by molar-refractivity contribution is 5.19. The first kappa shape index (κ1) is 12.5. The maximum Gasteiger partial charge on any atom is 0.123 e. The molecule has 0 saturated carbocycles. The zero-order valence-electron chi connectivity index (χ0n) is 10.6. The van der Waals surface area contributed by atoms with Crippen LogP contribution in [0.3, 0.4) is 0 Å². The highest BCUT2D eigenvalue weighted by atomic mass is 19.1. The van der Waals surface area contributed by atoms with E-state index in [9.17, 15) is 4.39 Å². The van der Waals surface area contributed by atoms with Gasteiger partial charge in [0.15, 0.2) is 0 Å². The molecular formula is C14H21FN2. The van der Waals surface area contributed by atoms with Gasteiger partial charge in [-0.05, 0) is 37.0 Å². The van der Waals surface area contributed by atoms with Crippen LogP contribution in [0.25, 0.3) is 0 Å². The number of nitrogens with zero attached hydrogens (tertiary/aromatic N) is 1. The summed E-state index contributed by atoms with van der Waals surface area (Å²) < 4.78 is 12.9. The van der Waals surface area contributed by atoms with E-state index >= 15 is 0 Å². The van der Waals surface area contributed by atoms with Gasteiger partial charge in [0, 0.05) is 25.2 Å². The molecule has 1 aromatic carbocycles. The second-order valence-corrected chi connectivity index (χ2v) is 5.28. The number of hydrogen-bond acceptors (Lipinski definition) is 2. The molecule has 1 fully saturated rings. The Hall–Kier alpha value is -0.930. The Labute approximate surface area is 103 Å². The van der Waals surface area contributed by atoms with Crippen LogP contribution < -0.4 is 5.73 Å². The van der Waals surface area contributed by atoms with E-state index in [4.69, 9.17) is 5.73 Å². The van der Waals surface area contributed by atoms with Gasteiger partial charge in [-0.2, -0.15) is 0 Å². The number of piperidine rings is 1. The van der Waals surface area contributed by atoms with Gasteiger partial charge in [-0.1, -0.05) is 19.1 Å². The van der Waals surface area contributed by atoms with Crippen molar-refractivity contribution in [3.8, 4) is 0 Å². The Balaban J connectivity index is 2.08. The van der Waals surface area contributed by atoms with Crippen LogP contribution in [0.5, 0.6) is 0 Å². The van der Waals surface area contributed by atoms with Crippen LogP contribution in [0.15, 0.2) is 24.3 Å². The lowest BCUT2D eigenvalue weighted by Crippen LogP contribution is -2.47. The van der Waals surface area contributed by atoms with Crippen molar-refractivity contribution in [1.82, 2.24) is 4.90 Å². The van der Waals surface area contributed by atoms with Gasteiger partial charge in [0.05, 0.1) is 0 Å². The van der Waals surface area contributed by atoms with E-state index in [0.29, 0.717) is 12.0 Å². The molecule has 0 aliphatic carbocycles. The smallest absolute Gasteiger partial charge is 0.123 e. The third-order valence-corrected chi connectivity index (χ3v) is 3.62. The van der Waals surface area contributed by atoms with E-state index in [0.717, 1.165) is 25.1 Å². The maximum atomic E-state index is 12.9. The Kier molecular flexibility index (Phi) is 3.79. The van der Waals surface area contributed by atoms with E-state index in [-0.39, 0.29) is 11.9 Å². The number of rotatable bonds is 2. The molecule has 2 nitrogen and oxygen atoms in total. The quantitative estimate of drug-likeness (QED) is 0.855. The van der Waals surface area contributed by atoms with E-state index in [1.54, 1.807) is 0 Å². The van der Waals surface area contributed by atoms with Crippen molar-refractivity contribution in [2.24, 2.45) is 11.7 Å². The van der Waals surface area contributed by atoms with E-state index in [2.05, 4.69) is 18.7 Å². The fourth-order valence-corrected chi connectivity index (χ4v) is 2.71. The molecule has 0 amide bonds. The molecule has 0 bridgehead atoms. The molecule has 1 saturated heterocycles. The van der Waals surface area contributed by atoms with Crippen LogP contribution in [0.4, 0.5) is 4.39 Å². The molecule has 3 heteroatoms. The van der Waals surface area contributed by atoms with Gasteiger partial charge in [-0.25, -0.2) is 4.39 Å². The van der Waals surface area contributed by atoms with Crippen LogP contribution in [0.2, 0.25) is 0 Å². The number of nitrogens with two attached hydrogens (primary N) is 1. The van der Waals surface area contributed by atoms with Gasteiger partial charge in [0.25, 0.3) is 0 Å². The first-order valence-electron chi connectivity index (χ1n) is 6.31. The average molecular weight is 236 g/mol. The van der Waals surface area contributed by atoms with Crippen molar-refractivity contribution >= 4 is 0 Å². The van der Waals surface area contributed by atoms with Crippen LogP contribution in [0, 0.1) is 11.7 Å². The van der Waals surface area contributed by atoms with Crippen LogP contribution in [-0.4, -0.2) is 24.0 Å². The summed E-state index contributed by atoms with van der Waals surface area (Å²) in [5.74, 6) is 0.464. The molecule has 0 spiro atoms. The highest BCUT2D eigenvalue weighted by Crippen LogP contribution is 2.26. The molecule has 3 unspecified atom stereocenters. The zero-order valence-corrected chi connectivity index (χ0v) is 10.6. The van der Waals surface area contributed by atoms with E-state index in [1.807, 2.05) is 12.1 Å². The van der Waals surface area contributed by atoms with Gasteiger partial charge in [-0.3, -0.25) is 4.90 Å². The minimum atomic E-state index is -0.176. The Bertz CT molecular complexity index is 353. The predicted octanol–water partition coefficient (Wildman–Crippen LogP) is 2.56. The minimum Gasteiger partial charge on any atom is -0.327 e. The number of halogens is 1. The number of benzene rings is 1. The Morgan fingerprint density at radius 1 is 1.29 bits per heavy atom. The lowest BCUT2D eigenvalue weighted by molar-refractivity contribution is 0.124. The van der Waals surface area contributed by atoms with E-state index < -0.39 is 0 Å². The molecular weight excluding hydrogens is 215 g/mol. The largest absolute Gasteiger partial charge is 0.327 e. The summed E-state index contributed by atoms with van der Waals surface area (Å²) in [6.07, 6.45) is 1.10. The normalized spacial score (nSPS) is 28.0. The van der Waals surface area contributed by atoms with E-state index in [1.165, 1.54) is 12.1 Å².